The number of rotatable bonds is 5. The molecule has 0 fully saturated rings. The van der Waals surface area contributed by atoms with E-state index in [1.54, 1.807) is 6.08 Å². The lowest BCUT2D eigenvalue weighted by Crippen LogP contribution is -2.04. The first-order valence-corrected chi connectivity index (χ1v) is 10.1. The van der Waals surface area contributed by atoms with Crippen LogP contribution in [0.4, 0.5) is 5.69 Å². The van der Waals surface area contributed by atoms with Crippen molar-refractivity contribution in [2.75, 3.05) is 0 Å². The van der Waals surface area contributed by atoms with Crippen LogP contribution in [0.2, 0.25) is 0 Å². The molecule has 0 bridgehead atoms. The Hall–Kier alpha value is -3.39. The maximum Gasteiger partial charge on any atom is 0.0633 e. The highest BCUT2D eigenvalue weighted by Gasteiger charge is 2.15. The highest BCUT2D eigenvalue weighted by molar-refractivity contribution is 5.95. The van der Waals surface area contributed by atoms with Gasteiger partial charge in [0.05, 0.1) is 5.69 Å². The molecule has 0 heterocycles. The van der Waals surface area contributed by atoms with Gasteiger partial charge in [0.1, 0.15) is 0 Å². The molecule has 0 saturated carbocycles. The second-order valence-corrected chi connectivity index (χ2v) is 7.59. The van der Waals surface area contributed by atoms with Gasteiger partial charge in [0.2, 0.25) is 0 Å². The van der Waals surface area contributed by atoms with Crippen molar-refractivity contribution < 1.29 is 0 Å². The second-order valence-electron chi connectivity index (χ2n) is 7.59. The van der Waals surface area contributed by atoms with Crippen LogP contribution >= 0.6 is 0 Å². The molecule has 3 aromatic rings. The summed E-state index contributed by atoms with van der Waals surface area (Å²) in [4.78, 5) is 4.59. The molecule has 144 valence electrons. The van der Waals surface area contributed by atoms with Gasteiger partial charge in [0.25, 0.3) is 0 Å². The first kappa shape index (κ1) is 18.9. The van der Waals surface area contributed by atoms with E-state index in [-0.39, 0.29) is 0 Å². The zero-order valence-corrected chi connectivity index (χ0v) is 16.9. The number of benzene rings is 3. The fourth-order valence-corrected chi connectivity index (χ4v) is 3.96. The van der Waals surface area contributed by atoms with Crippen molar-refractivity contribution in [3.05, 3.63) is 113 Å². The predicted molar refractivity (Wildman–Crippen MR) is 124 cm³/mol. The van der Waals surface area contributed by atoms with E-state index in [0.29, 0.717) is 5.70 Å². The Kier molecular flexibility index (Phi) is 5.44. The molecule has 0 spiro atoms. The number of nitrogens with zero attached hydrogens (tertiary/aromatic N) is 1. The summed E-state index contributed by atoms with van der Waals surface area (Å²) < 4.78 is 0. The van der Waals surface area contributed by atoms with Crippen LogP contribution < -0.4 is 5.73 Å². The summed E-state index contributed by atoms with van der Waals surface area (Å²) in [5.41, 5.74) is 16.6. The quantitative estimate of drug-likeness (QED) is 0.419. The van der Waals surface area contributed by atoms with Crippen molar-refractivity contribution in [1.82, 2.24) is 0 Å². The molecule has 3 aromatic carbocycles. The molecule has 0 unspecified atom stereocenters. The fraction of sp³-hybridized carbons (Fsp3) is 0.148. The van der Waals surface area contributed by atoms with E-state index in [2.05, 4.69) is 78.3 Å². The molecule has 2 N–H and O–H groups in total. The van der Waals surface area contributed by atoms with Crippen LogP contribution in [0.3, 0.4) is 0 Å². The zero-order chi connectivity index (χ0) is 20.2. The number of allylic oxidation sites excluding steroid dienone is 2. The Morgan fingerprint density at radius 1 is 0.931 bits per heavy atom. The Morgan fingerprint density at radius 2 is 1.62 bits per heavy atom. The largest absolute Gasteiger partial charge is 0.399 e. The molecule has 2 heteroatoms. The maximum atomic E-state index is 5.77. The zero-order valence-electron chi connectivity index (χ0n) is 16.9. The van der Waals surface area contributed by atoms with Gasteiger partial charge in [-0.3, -0.25) is 4.99 Å². The molecular weight excluding hydrogens is 352 g/mol. The third-order valence-corrected chi connectivity index (χ3v) is 5.40. The van der Waals surface area contributed by atoms with Crippen LogP contribution in [0.25, 0.3) is 11.1 Å². The van der Waals surface area contributed by atoms with E-state index in [9.17, 15) is 0 Å². The SMILES string of the molecule is C=CC(N)=CC(C)=Nc1ccc(Cc2ccc3c(c2)CCc2ccccc2-3)cc1. The van der Waals surface area contributed by atoms with E-state index >= 15 is 0 Å². The van der Waals surface area contributed by atoms with E-state index in [0.717, 1.165) is 30.7 Å². The van der Waals surface area contributed by atoms with Crippen molar-refractivity contribution in [1.29, 1.82) is 0 Å². The molecule has 29 heavy (non-hydrogen) atoms. The molecule has 0 amide bonds. The minimum atomic E-state index is 0.623. The second kappa shape index (κ2) is 8.32. The molecular formula is C27H26N2. The Morgan fingerprint density at radius 3 is 2.41 bits per heavy atom. The summed E-state index contributed by atoms with van der Waals surface area (Å²) in [6.45, 7) is 5.60. The number of hydrogen-bond donors (Lipinski definition) is 1. The standard InChI is InChI=1S/C27H26N2/c1-3-24(28)16-19(2)29-25-13-8-20(9-14-25)17-21-10-15-27-23(18-21)12-11-22-6-4-5-7-26(22)27/h3-10,13-16,18H,1,11-12,17,28H2,2H3. The van der Waals surface area contributed by atoms with Crippen LogP contribution in [0.5, 0.6) is 0 Å². The van der Waals surface area contributed by atoms with Crippen molar-refractivity contribution in [3.8, 4) is 11.1 Å². The van der Waals surface area contributed by atoms with Crippen LogP contribution in [0.15, 0.2) is 96.2 Å². The van der Waals surface area contributed by atoms with Gasteiger partial charge in [-0.2, -0.15) is 0 Å². The third kappa shape index (κ3) is 4.38. The Balaban J connectivity index is 1.51. The van der Waals surface area contributed by atoms with E-state index in [4.69, 9.17) is 5.73 Å². The van der Waals surface area contributed by atoms with Gasteiger partial charge in [-0.1, -0.05) is 61.2 Å². The normalized spacial score (nSPS) is 13.6. The highest BCUT2D eigenvalue weighted by Crippen LogP contribution is 2.34. The van der Waals surface area contributed by atoms with Gasteiger partial charge in [0, 0.05) is 11.4 Å². The highest BCUT2D eigenvalue weighted by atomic mass is 14.7. The van der Waals surface area contributed by atoms with Crippen LogP contribution in [0.1, 0.15) is 29.2 Å². The topological polar surface area (TPSA) is 38.4 Å². The molecule has 0 aromatic heterocycles. The number of aliphatic imine (C=N–C) groups is 1. The minimum Gasteiger partial charge on any atom is -0.399 e. The monoisotopic (exact) mass is 378 g/mol. The number of fused-ring (bicyclic) bond motifs is 3. The van der Waals surface area contributed by atoms with Gasteiger partial charge >= 0.3 is 0 Å². The summed E-state index contributed by atoms with van der Waals surface area (Å²) in [7, 11) is 0. The number of hydrogen-bond acceptors (Lipinski definition) is 2. The average molecular weight is 379 g/mol. The first-order chi connectivity index (χ1) is 14.1. The molecule has 0 radical (unpaired) electrons. The van der Waals surface area contributed by atoms with Crippen molar-refractivity contribution in [2.24, 2.45) is 10.7 Å². The minimum absolute atomic E-state index is 0.623. The molecule has 2 nitrogen and oxygen atoms in total. The summed E-state index contributed by atoms with van der Waals surface area (Å²) in [5, 5.41) is 0. The van der Waals surface area contributed by atoms with Gasteiger partial charge < -0.3 is 5.73 Å². The molecule has 0 aliphatic heterocycles. The van der Waals surface area contributed by atoms with Gasteiger partial charge in [-0.25, -0.2) is 0 Å². The summed E-state index contributed by atoms with van der Waals surface area (Å²) >= 11 is 0. The number of aryl methyl sites for hydroxylation is 2. The first-order valence-electron chi connectivity index (χ1n) is 10.1. The smallest absolute Gasteiger partial charge is 0.0633 e. The predicted octanol–water partition coefficient (Wildman–Crippen LogP) is 6.16. The number of nitrogens with two attached hydrogens (primary N) is 1. The Labute approximate surface area is 173 Å². The third-order valence-electron chi connectivity index (χ3n) is 5.40. The summed E-state index contributed by atoms with van der Waals surface area (Å²) in [5.74, 6) is 0. The van der Waals surface area contributed by atoms with Crippen molar-refractivity contribution in [3.63, 3.8) is 0 Å². The molecule has 0 saturated heterocycles. The van der Waals surface area contributed by atoms with E-state index < -0.39 is 0 Å². The van der Waals surface area contributed by atoms with Gasteiger partial charge in [-0.15, -0.1) is 0 Å². The lowest BCUT2D eigenvalue weighted by molar-refractivity contribution is 0.937. The van der Waals surface area contributed by atoms with Crippen LogP contribution in [0, 0.1) is 0 Å². The van der Waals surface area contributed by atoms with Crippen LogP contribution in [-0.2, 0) is 19.3 Å². The van der Waals surface area contributed by atoms with Gasteiger partial charge in [0.15, 0.2) is 0 Å². The molecule has 1 aliphatic carbocycles. The molecule has 1 aliphatic rings. The summed E-state index contributed by atoms with van der Waals surface area (Å²) in [6, 6.07) is 24.1. The maximum absolute atomic E-state index is 5.77. The fourth-order valence-electron chi connectivity index (χ4n) is 3.96. The van der Waals surface area contributed by atoms with Crippen LogP contribution in [-0.4, -0.2) is 5.71 Å². The Bertz CT molecular complexity index is 1100. The van der Waals surface area contributed by atoms with E-state index in [1.165, 1.54) is 33.4 Å². The molecule has 4 rings (SSSR count). The lowest BCUT2D eigenvalue weighted by atomic mass is 9.84. The van der Waals surface area contributed by atoms with E-state index in [1.807, 2.05) is 13.0 Å². The summed E-state index contributed by atoms with van der Waals surface area (Å²) in [6.07, 6.45) is 6.63. The van der Waals surface area contributed by atoms with Gasteiger partial charge in [-0.05, 0) is 83.9 Å². The van der Waals surface area contributed by atoms with Crippen molar-refractivity contribution >= 4 is 11.4 Å². The molecule has 0 atom stereocenters. The lowest BCUT2D eigenvalue weighted by Gasteiger charge is -2.20. The average Bonchev–Trinajstić information content (AvgIpc) is 2.74. The van der Waals surface area contributed by atoms with Crippen molar-refractivity contribution in [2.45, 2.75) is 26.2 Å².